The highest BCUT2D eigenvalue weighted by atomic mass is 19.1. The minimum atomic E-state index is -0.709. The lowest BCUT2D eigenvalue weighted by molar-refractivity contribution is 0.0644. The molecular formula is C13H18FNO. The predicted molar refractivity (Wildman–Crippen MR) is 63.3 cm³/mol. The van der Waals surface area contributed by atoms with Crippen LogP contribution in [0.5, 0.6) is 0 Å². The minimum Gasteiger partial charge on any atom is -0.390 e. The molecule has 0 amide bonds. The summed E-state index contributed by atoms with van der Waals surface area (Å²) in [6, 6.07) is 4.89. The molecule has 0 aromatic heterocycles. The normalized spacial score (nSPS) is 20.1. The van der Waals surface area contributed by atoms with E-state index in [1.807, 2.05) is 13.1 Å². The van der Waals surface area contributed by atoms with Crippen LogP contribution in [-0.4, -0.2) is 24.3 Å². The van der Waals surface area contributed by atoms with Gasteiger partial charge in [0.1, 0.15) is 5.82 Å². The van der Waals surface area contributed by atoms with Crippen molar-refractivity contribution in [2.75, 3.05) is 18.5 Å². The van der Waals surface area contributed by atoms with Crippen molar-refractivity contribution in [1.29, 1.82) is 0 Å². The molecule has 0 bridgehead atoms. The SMILES string of the molecule is CN1CC(CC(C)(C)O)c2cc(F)ccc21. The minimum absolute atomic E-state index is 0.199. The molecule has 2 nitrogen and oxygen atoms in total. The molecule has 1 atom stereocenters. The summed E-state index contributed by atoms with van der Waals surface area (Å²) in [4.78, 5) is 2.12. The Labute approximate surface area is 95.7 Å². The van der Waals surface area contributed by atoms with Crippen LogP contribution in [-0.2, 0) is 0 Å². The van der Waals surface area contributed by atoms with E-state index in [1.54, 1.807) is 19.9 Å². The van der Waals surface area contributed by atoms with Gasteiger partial charge in [-0.05, 0) is 44.0 Å². The topological polar surface area (TPSA) is 23.5 Å². The van der Waals surface area contributed by atoms with Crippen LogP contribution < -0.4 is 4.90 Å². The molecule has 0 spiro atoms. The van der Waals surface area contributed by atoms with Gasteiger partial charge in [-0.25, -0.2) is 4.39 Å². The van der Waals surface area contributed by atoms with Gasteiger partial charge in [0.15, 0.2) is 0 Å². The molecule has 1 aliphatic rings. The average Bonchev–Trinajstić information content (AvgIpc) is 2.40. The molecule has 1 heterocycles. The Hall–Kier alpha value is -1.09. The van der Waals surface area contributed by atoms with Crippen molar-refractivity contribution in [3.05, 3.63) is 29.6 Å². The smallest absolute Gasteiger partial charge is 0.123 e. The van der Waals surface area contributed by atoms with Gasteiger partial charge >= 0.3 is 0 Å². The summed E-state index contributed by atoms with van der Waals surface area (Å²) in [5.74, 6) is 0.0190. The summed E-state index contributed by atoms with van der Waals surface area (Å²) in [7, 11) is 2.00. The first kappa shape index (κ1) is 11.4. The molecule has 88 valence electrons. The largest absolute Gasteiger partial charge is 0.390 e. The highest BCUT2D eigenvalue weighted by Gasteiger charge is 2.30. The van der Waals surface area contributed by atoms with Gasteiger partial charge in [-0.2, -0.15) is 0 Å². The van der Waals surface area contributed by atoms with Crippen molar-refractivity contribution in [1.82, 2.24) is 0 Å². The second-order valence-electron chi connectivity index (χ2n) is 5.30. The summed E-state index contributed by atoms with van der Waals surface area (Å²) in [6.45, 7) is 4.44. The van der Waals surface area contributed by atoms with E-state index in [1.165, 1.54) is 6.07 Å². The number of benzene rings is 1. The molecule has 0 radical (unpaired) electrons. The highest BCUT2D eigenvalue weighted by molar-refractivity contribution is 5.59. The third-order valence-corrected chi connectivity index (χ3v) is 3.08. The zero-order valence-corrected chi connectivity index (χ0v) is 10.00. The maximum Gasteiger partial charge on any atom is 0.123 e. The Morgan fingerprint density at radius 1 is 1.50 bits per heavy atom. The van der Waals surface area contributed by atoms with Crippen molar-refractivity contribution in [3.63, 3.8) is 0 Å². The van der Waals surface area contributed by atoms with Crippen LogP contribution in [0.15, 0.2) is 18.2 Å². The third kappa shape index (κ3) is 2.19. The molecule has 1 aliphatic heterocycles. The number of likely N-dealkylation sites (N-methyl/N-ethyl adjacent to an activating group) is 1. The lowest BCUT2D eigenvalue weighted by Gasteiger charge is -2.22. The van der Waals surface area contributed by atoms with Crippen molar-refractivity contribution in [2.45, 2.75) is 31.8 Å². The van der Waals surface area contributed by atoms with Crippen molar-refractivity contribution >= 4 is 5.69 Å². The van der Waals surface area contributed by atoms with Gasteiger partial charge in [0, 0.05) is 25.2 Å². The summed E-state index contributed by atoms with van der Waals surface area (Å²) in [6.07, 6.45) is 0.661. The van der Waals surface area contributed by atoms with Crippen LogP contribution in [0.1, 0.15) is 31.7 Å². The number of hydrogen-bond donors (Lipinski definition) is 1. The van der Waals surface area contributed by atoms with Gasteiger partial charge in [-0.3, -0.25) is 0 Å². The fraction of sp³-hybridized carbons (Fsp3) is 0.538. The maximum absolute atomic E-state index is 13.2. The highest BCUT2D eigenvalue weighted by Crippen LogP contribution is 2.39. The molecule has 2 rings (SSSR count). The molecule has 0 aliphatic carbocycles. The summed E-state index contributed by atoms with van der Waals surface area (Å²) >= 11 is 0. The van der Waals surface area contributed by atoms with Crippen LogP contribution in [0.25, 0.3) is 0 Å². The zero-order chi connectivity index (χ0) is 11.9. The first-order valence-corrected chi connectivity index (χ1v) is 5.60. The van der Waals surface area contributed by atoms with Crippen LogP contribution in [0.4, 0.5) is 10.1 Å². The van der Waals surface area contributed by atoms with E-state index in [0.29, 0.717) is 6.42 Å². The second-order valence-corrected chi connectivity index (χ2v) is 5.30. The van der Waals surface area contributed by atoms with E-state index in [2.05, 4.69) is 4.90 Å². The van der Waals surface area contributed by atoms with E-state index in [9.17, 15) is 9.50 Å². The number of anilines is 1. The number of nitrogens with zero attached hydrogens (tertiary/aromatic N) is 1. The van der Waals surface area contributed by atoms with Crippen molar-refractivity contribution in [2.24, 2.45) is 0 Å². The molecule has 0 saturated heterocycles. The Morgan fingerprint density at radius 3 is 2.81 bits per heavy atom. The summed E-state index contributed by atoms with van der Waals surface area (Å²) in [5.41, 5.74) is 1.39. The summed E-state index contributed by atoms with van der Waals surface area (Å²) in [5, 5.41) is 9.85. The number of rotatable bonds is 2. The Morgan fingerprint density at radius 2 is 2.19 bits per heavy atom. The zero-order valence-electron chi connectivity index (χ0n) is 10.00. The first-order chi connectivity index (χ1) is 7.37. The summed E-state index contributed by atoms with van der Waals surface area (Å²) < 4.78 is 13.2. The number of hydrogen-bond acceptors (Lipinski definition) is 2. The van der Waals surface area contributed by atoms with Crippen LogP contribution in [0.3, 0.4) is 0 Å². The maximum atomic E-state index is 13.2. The lowest BCUT2D eigenvalue weighted by atomic mass is 9.89. The van der Waals surface area contributed by atoms with Crippen LogP contribution >= 0.6 is 0 Å². The molecule has 1 aromatic carbocycles. The molecule has 1 N–H and O–H groups in total. The Balaban J connectivity index is 2.31. The van der Waals surface area contributed by atoms with E-state index >= 15 is 0 Å². The van der Waals surface area contributed by atoms with Gasteiger partial charge in [0.25, 0.3) is 0 Å². The van der Waals surface area contributed by atoms with E-state index in [-0.39, 0.29) is 11.7 Å². The lowest BCUT2D eigenvalue weighted by Crippen LogP contribution is -2.24. The van der Waals surface area contributed by atoms with Crippen molar-refractivity contribution < 1.29 is 9.50 Å². The third-order valence-electron chi connectivity index (χ3n) is 3.08. The van der Waals surface area contributed by atoms with E-state index in [4.69, 9.17) is 0 Å². The number of fused-ring (bicyclic) bond motifs is 1. The standard InChI is InChI=1S/C13H18FNO/c1-13(2,16)7-9-8-15(3)12-5-4-10(14)6-11(9)12/h4-6,9,16H,7-8H2,1-3H3. The van der Waals surface area contributed by atoms with E-state index in [0.717, 1.165) is 17.8 Å². The first-order valence-electron chi connectivity index (χ1n) is 5.60. The fourth-order valence-electron chi connectivity index (χ4n) is 2.50. The monoisotopic (exact) mass is 223 g/mol. The van der Waals surface area contributed by atoms with E-state index < -0.39 is 5.60 Å². The molecule has 3 heteroatoms. The predicted octanol–water partition coefficient (Wildman–Crippen LogP) is 2.52. The molecule has 0 fully saturated rings. The van der Waals surface area contributed by atoms with Gasteiger partial charge in [0.2, 0.25) is 0 Å². The van der Waals surface area contributed by atoms with Crippen molar-refractivity contribution in [3.8, 4) is 0 Å². The van der Waals surface area contributed by atoms with Crippen LogP contribution in [0.2, 0.25) is 0 Å². The average molecular weight is 223 g/mol. The quantitative estimate of drug-likeness (QED) is 0.832. The van der Waals surface area contributed by atoms with Gasteiger partial charge in [-0.15, -0.1) is 0 Å². The Kier molecular flexibility index (Phi) is 2.66. The molecule has 1 unspecified atom stereocenters. The fourth-order valence-corrected chi connectivity index (χ4v) is 2.50. The second kappa shape index (κ2) is 3.74. The molecule has 0 saturated carbocycles. The Bertz CT molecular complexity index is 397. The molecular weight excluding hydrogens is 205 g/mol. The van der Waals surface area contributed by atoms with Gasteiger partial charge in [-0.1, -0.05) is 0 Å². The molecule has 16 heavy (non-hydrogen) atoms. The molecule has 1 aromatic rings. The van der Waals surface area contributed by atoms with Gasteiger partial charge in [0.05, 0.1) is 5.60 Å². The van der Waals surface area contributed by atoms with Gasteiger partial charge < -0.3 is 10.0 Å². The number of halogens is 1. The number of aliphatic hydroxyl groups is 1. The van der Waals surface area contributed by atoms with Crippen LogP contribution in [0, 0.1) is 5.82 Å².